The number of aryl methyl sites for hydroxylation is 2. The minimum absolute atomic E-state index is 0.0732. The number of aromatic nitrogens is 3. The highest BCUT2D eigenvalue weighted by molar-refractivity contribution is 6.33. The zero-order valence-electron chi connectivity index (χ0n) is 11.6. The van der Waals surface area contributed by atoms with Gasteiger partial charge in [-0.2, -0.15) is 0 Å². The average Bonchev–Trinajstić information content (AvgIpc) is 2.92. The summed E-state index contributed by atoms with van der Waals surface area (Å²) < 4.78 is 7.17. The van der Waals surface area contributed by atoms with E-state index in [4.69, 9.17) is 21.1 Å². The molecule has 0 bridgehead atoms. The van der Waals surface area contributed by atoms with Crippen molar-refractivity contribution >= 4 is 23.2 Å². The third-order valence-corrected chi connectivity index (χ3v) is 3.77. The zero-order chi connectivity index (χ0) is 15.3. The molecule has 6 nitrogen and oxygen atoms in total. The average molecular weight is 306 g/mol. The smallest absolute Gasteiger partial charge is 0.337 e. The lowest BCUT2D eigenvalue weighted by Crippen LogP contribution is -2.01. The topological polar surface area (TPSA) is 80.6 Å². The van der Waals surface area contributed by atoms with Gasteiger partial charge in [-0.25, -0.2) is 4.79 Å². The number of furan rings is 1. The molecule has 3 aromatic heterocycles. The van der Waals surface area contributed by atoms with Crippen LogP contribution in [0.5, 0.6) is 0 Å². The molecule has 7 heteroatoms. The summed E-state index contributed by atoms with van der Waals surface area (Å²) in [7, 11) is 0. The maximum atomic E-state index is 11.2. The SMILES string of the molecule is Cc1oc(C)c(-c2nnc3c(Cl)cc(C(=O)O)cn23)c1C. The number of hydrogen-bond donors (Lipinski definition) is 1. The third kappa shape index (κ3) is 1.99. The number of halogens is 1. The molecule has 108 valence electrons. The van der Waals surface area contributed by atoms with Crippen LogP contribution in [-0.4, -0.2) is 25.7 Å². The van der Waals surface area contributed by atoms with Crippen LogP contribution < -0.4 is 0 Å². The maximum Gasteiger partial charge on any atom is 0.337 e. The van der Waals surface area contributed by atoms with Crippen LogP contribution >= 0.6 is 11.6 Å². The van der Waals surface area contributed by atoms with Gasteiger partial charge in [0.25, 0.3) is 0 Å². The lowest BCUT2D eigenvalue weighted by molar-refractivity contribution is 0.0696. The summed E-state index contributed by atoms with van der Waals surface area (Å²) in [5.41, 5.74) is 2.23. The molecule has 3 rings (SSSR count). The van der Waals surface area contributed by atoms with Crippen molar-refractivity contribution < 1.29 is 14.3 Å². The first-order valence-corrected chi connectivity index (χ1v) is 6.62. The molecule has 0 radical (unpaired) electrons. The van der Waals surface area contributed by atoms with Crippen LogP contribution in [0.4, 0.5) is 0 Å². The first kappa shape index (κ1) is 13.6. The van der Waals surface area contributed by atoms with Gasteiger partial charge >= 0.3 is 5.97 Å². The molecule has 0 amide bonds. The fourth-order valence-electron chi connectivity index (χ4n) is 2.36. The second-order valence-corrected chi connectivity index (χ2v) is 5.22. The first-order chi connectivity index (χ1) is 9.90. The van der Waals surface area contributed by atoms with Crippen LogP contribution in [0.3, 0.4) is 0 Å². The van der Waals surface area contributed by atoms with Gasteiger partial charge in [0.15, 0.2) is 11.5 Å². The number of pyridine rings is 1. The predicted molar refractivity (Wildman–Crippen MR) is 76.9 cm³/mol. The van der Waals surface area contributed by atoms with E-state index >= 15 is 0 Å². The van der Waals surface area contributed by atoms with E-state index in [1.807, 2.05) is 20.8 Å². The van der Waals surface area contributed by atoms with E-state index in [9.17, 15) is 4.79 Å². The van der Waals surface area contributed by atoms with Crippen LogP contribution in [0.2, 0.25) is 5.02 Å². The molecule has 0 unspecified atom stereocenters. The van der Waals surface area contributed by atoms with Crippen LogP contribution in [0, 0.1) is 20.8 Å². The van der Waals surface area contributed by atoms with Crippen LogP contribution in [0.1, 0.15) is 27.4 Å². The fourth-order valence-corrected chi connectivity index (χ4v) is 2.61. The number of aromatic carboxylic acids is 1. The first-order valence-electron chi connectivity index (χ1n) is 6.24. The van der Waals surface area contributed by atoms with E-state index in [0.717, 1.165) is 16.9 Å². The third-order valence-electron chi connectivity index (χ3n) is 3.49. The lowest BCUT2D eigenvalue weighted by atomic mass is 10.1. The van der Waals surface area contributed by atoms with E-state index < -0.39 is 5.97 Å². The molecule has 3 heterocycles. The van der Waals surface area contributed by atoms with Crippen molar-refractivity contribution in [3.8, 4) is 11.4 Å². The molecular weight excluding hydrogens is 294 g/mol. The second kappa shape index (κ2) is 4.60. The van der Waals surface area contributed by atoms with Crippen LogP contribution in [-0.2, 0) is 0 Å². The fraction of sp³-hybridized carbons (Fsp3) is 0.214. The summed E-state index contributed by atoms with van der Waals surface area (Å²) in [6.45, 7) is 5.62. The Hall–Kier alpha value is -2.34. The Morgan fingerprint density at radius 1 is 1.29 bits per heavy atom. The van der Waals surface area contributed by atoms with E-state index in [2.05, 4.69) is 10.2 Å². The standard InChI is InChI=1S/C14H12ClN3O3/c1-6-7(2)21-8(3)11(6)13-17-16-12-10(15)4-9(14(19)20)5-18(12)13/h4-5H,1-3H3,(H,19,20). The molecule has 0 spiro atoms. The summed E-state index contributed by atoms with van der Waals surface area (Å²) >= 11 is 6.08. The summed E-state index contributed by atoms with van der Waals surface area (Å²) in [6.07, 6.45) is 1.46. The van der Waals surface area contributed by atoms with Crippen molar-refractivity contribution in [2.75, 3.05) is 0 Å². The molecule has 21 heavy (non-hydrogen) atoms. The molecule has 0 aliphatic heterocycles. The van der Waals surface area contributed by atoms with Crippen molar-refractivity contribution in [2.24, 2.45) is 0 Å². The van der Waals surface area contributed by atoms with Gasteiger partial charge in [0.05, 0.1) is 16.1 Å². The molecule has 0 aromatic carbocycles. The highest BCUT2D eigenvalue weighted by atomic mass is 35.5. The Kier molecular flexibility index (Phi) is 2.98. The number of rotatable bonds is 2. The van der Waals surface area contributed by atoms with Gasteiger partial charge in [-0.3, -0.25) is 4.40 Å². The van der Waals surface area contributed by atoms with Gasteiger partial charge in [-0.15, -0.1) is 10.2 Å². The molecule has 0 saturated heterocycles. The largest absolute Gasteiger partial charge is 0.478 e. The lowest BCUT2D eigenvalue weighted by Gasteiger charge is -2.03. The van der Waals surface area contributed by atoms with Crippen molar-refractivity contribution in [1.29, 1.82) is 0 Å². The van der Waals surface area contributed by atoms with E-state index in [1.165, 1.54) is 12.3 Å². The number of carboxylic acid groups (broad SMARTS) is 1. The molecular formula is C14H12ClN3O3. The monoisotopic (exact) mass is 305 g/mol. The van der Waals surface area contributed by atoms with Crippen LogP contribution in [0.25, 0.3) is 17.0 Å². The Morgan fingerprint density at radius 2 is 2.00 bits per heavy atom. The normalized spacial score (nSPS) is 11.2. The van der Waals surface area contributed by atoms with Gasteiger partial charge in [0.2, 0.25) is 0 Å². The molecule has 1 N–H and O–H groups in total. The number of fused-ring (bicyclic) bond motifs is 1. The van der Waals surface area contributed by atoms with Gasteiger partial charge in [-0.1, -0.05) is 11.6 Å². The zero-order valence-corrected chi connectivity index (χ0v) is 12.4. The summed E-state index contributed by atoms with van der Waals surface area (Å²) in [4.78, 5) is 11.2. The maximum absolute atomic E-state index is 11.2. The van der Waals surface area contributed by atoms with Crippen molar-refractivity contribution in [2.45, 2.75) is 20.8 Å². The van der Waals surface area contributed by atoms with Crippen molar-refractivity contribution in [1.82, 2.24) is 14.6 Å². The minimum atomic E-state index is -1.06. The van der Waals surface area contributed by atoms with Gasteiger partial charge in [-0.05, 0) is 26.8 Å². The molecule has 3 aromatic rings. The highest BCUT2D eigenvalue weighted by Crippen LogP contribution is 2.31. The quantitative estimate of drug-likeness (QED) is 0.786. The molecule has 0 saturated carbocycles. The molecule has 0 fully saturated rings. The Bertz CT molecular complexity index is 879. The number of nitrogens with zero attached hydrogens (tertiary/aromatic N) is 3. The van der Waals surface area contributed by atoms with Crippen molar-refractivity contribution in [3.05, 3.63) is 39.9 Å². The summed E-state index contributed by atoms with van der Waals surface area (Å²) in [6, 6.07) is 1.36. The Balaban J connectivity index is 2.36. The second-order valence-electron chi connectivity index (χ2n) is 4.81. The number of hydrogen-bond acceptors (Lipinski definition) is 4. The van der Waals surface area contributed by atoms with Gasteiger partial charge in [0, 0.05) is 11.8 Å². The predicted octanol–water partition coefficient (Wildman–Crippen LogP) is 3.27. The van der Waals surface area contributed by atoms with Gasteiger partial charge < -0.3 is 9.52 Å². The van der Waals surface area contributed by atoms with Gasteiger partial charge in [0.1, 0.15) is 11.5 Å². The summed E-state index contributed by atoms with van der Waals surface area (Å²) in [5, 5.41) is 17.6. The molecule has 0 aliphatic carbocycles. The highest BCUT2D eigenvalue weighted by Gasteiger charge is 2.20. The van der Waals surface area contributed by atoms with Crippen LogP contribution in [0.15, 0.2) is 16.7 Å². The number of carbonyl (C=O) groups is 1. The Labute approximate surface area is 125 Å². The molecule has 0 atom stereocenters. The number of carboxylic acids is 1. The minimum Gasteiger partial charge on any atom is -0.478 e. The molecule has 0 aliphatic rings. The van der Waals surface area contributed by atoms with Crippen molar-refractivity contribution in [3.63, 3.8) is 0 Å². The Morgan fingerprint density at radius 3 is 2.57 bits per heavy atom. The summed E-state index contributed by atoms with van der Waals surface area (Å²) in [5.74, 6) is 0.952. The van der Waals surface area contributed by atoms with E-state index in [-0.39, 0.29) is 10.6 Å². The van der Waals surface area contributed by atoms with E-state index in [0.29, 0.717) is 17.2 Å². The van der Waals surface area contributed by atoms with E-state index in [1.54, 1.807) is 4.40 Å².